The van der Waals surface area contributed by atoms with Gasteiger partial charge in [-0.15, -0.1) is 0 Å². The number of hydrogen-bond donors (Lipinski definition) is 2. The Labute approximate surface area is 173 Å². The molecule has 6 atom stereocenters. The van der Waals surface area contributed by atoms with Gasteiger partial charge in [-0.2, -0.15) is 0 Å². The predicted octanol–water partition coefficient (Wildman–Crippen LogP) is 1.05. The monoisotopic (exact) mass is 422 g/mol. The summed E-state index contributed by atoms with van der Waals surface area (Å²) in [6.45, 7) is 2.72. The average molecular weight is 422 g/mol. The Balaban J connectivity index is 2.28. The van der Waals surface area contributed by atoms with Gasteiger partial charge >= 0.3 is 5.97 Å². The topological polar surface area (TPSA) is 152 Å². The maximum absolute atomic E-state index is 11.8. The number of hydrogen-bond acceptors (Lipinski definition) is 8. The number of aliphatic hydroxyl groups excluding tert-OH is 1. The molecule has 0 radical (unpaired) electrons. The number of nitrogens with one attached hydrogen (secondary N) is 1. The number of esters is 1. The van der Waals surface area contributed by atoms with Crippen molar-refractivity contribution in [3.63, 3.8) is 0 Å². The van der Waals surface area contributed by atoms with Gasteiger partial charge in [0.25, 0.3) is 0 Å². The Morgan fingerprint density at radius 3 is 2.67 bits per heavy atom. The molecule has 2 N–H and O–H groups in total. The molecule has 1 fully saturated rings. The van der Waals surface area contributed by atoms with Crippen LogP contribution in [0.15, 0.2) is 35.4 Å². The van der Waals surface area contributed by atoms with Crippen LogP contribution in [-0.4, -0.2) is 67.4 Å². The molecule has 1 amide bonds. The molecule has 1 heterocycles. The highest BCUT2D eigenvalue weighted by atomic mass is 16.7. The van der Waals surface area contributed by atoms with Crippen molar-refractivity contribution in [2.24, 2.45) is 5.11 Å². The number of carbonyl (C=O) groups is 2. The maximum atomic E-state index is 11.8. The normalized spacial score (nSPS) is 26.9. The summed E-state index contributed by atoms with van der Waals surface area (Å²) < 4.78 is 22.0. The summed E-state index contributed by atoms with van der Waals surface area (Å²) in [6, 6.07) is 8.35. The van der Waals surface area contributed by atoms with Gasteiger partial charge in [-0.3, -0.25) is 4.79 Å². The van der Waals surface area contributed by atoms with Crippen molar-refractivity contribution in [1.82, 2.24) is 5.32 Å². The molecule has 1 aromatic carbocycles. The zero-order valence-corrected chi connectivity index (χ0v) is 17.0. The van der Waals surface area contributed by atoms with E-state index in [1.807, 2.05) is 30.3 Å². The summed E-state index contributed by atoms with van der Waals surface area (Å²) in [7, 11) is 1.21. The first kappa shape index (κ1) is 23.6. The van der Waals surface area contributed by atoms with Crippen molar-refractivity contribution >= 4 is 11.9 Å². The van der Waals surface area contributed by atoms with E-state index < -0.39 is 48.6 Å². The molecule has 11 nitrogen and oxygen atoms in total. The highest BCUT2D eigenvalue weighted by molar-refractivity contribution is 5.74. The van der Waals surface area contributed by atoms with Crippen LogP contribution in [0.2, 0.25) is 0 Å². The van der Waals surface area contributed by atoms with E-state index in [4.69, 9.17) is 19.7 Å². The Kier molecular flexibility index (Phi) is 9.03. The second-order valence-corrected chi connectivity index (χ2v) is 6.74. The van der Waals surface area contributed by atoms with E-state index in [1.54, 1.807) is 0 Å². The number of carbonyl (C=O) groups excluding carboxylic acids is 2. The lowest BCUT2D eigenvalue weighted by Gasteiger charge is -2.44. The fourth-order valence-corrected chi connectivity index (χ4v) is 3.09. The van der Waals surface area contributed by atoms with E-state index in [0.29, 0.717) is 0 Å². The molecule has 1 saturated heterocycles. The molecule has 0 unspecified atom stereocenters. The van der Waals surface area contributed by atoms with Crippen molar-refractivity contribution in [1.29, 1.82) is 0 Å². The first-order valence-corrected chi connectivity index (χ1v) is 9.37. The smallest absolute Gasteiger partial charge is 0.334 e. The number of amides is 1. The summed E-state index contributed by atoms with van der Waals surface area (Å²) in [5.74, 6) is -1.06. The van der Waals surface area contributed by atoms with Crippen LogP contribution < -0.4 is 5.32 Å². The van der Waals surface area contributed by atoms with Gasteiger partial charge in [0.2, 0.25) is 5.91 Å². The Bertz CT molecular complexity index is 757. The summed E-state index contributed by atoms with van der Waals surface area (Å²) in [4.78, 5) is 26.3. The largest absolute Gasteiger partial charge is 0.467 e. The molecular formula is C19H26N4O7. The SMILES string of the molecule is COC(=O)[C@@H](C)O[C@H]1[C@H](O)[C@@H](CN=[N+]=[N-])O[C@H](OCc2ccccc2)[C@@H]1NC(C)=O. The minimum atomic E-state index is -1.31. The third-order valence-electron chi connectivity index (χ3n) is 4.52. The van der Waals surface area contributed by atoms with Gasteiger partial charge in [0.15, 0.2) is 12.4 Å². The summed E-state index contributed by atoms with van der Waals surface area (Å²) in [5, 5.41) is 16.9. The lowest BCUT2D eigenvalue weighted by molar-refractivity contribution is -0.277. The van der Waals surface area contributed by atoms with Crippen LogP contribution in [-0.2, 0) is 35.1 Å². The second kappa shape index (κ2) is 11.5. The first-order chi connectivity index (χ1) is 14.4. The standard InChI is InChI=1S/C19H26N4O7/c1-11(18(26)27-3)29-17-15(22-12(2)24)19(28-10-13-7-5-4-6-8-13)30-14(16(17)25)9-21-23-20/h4-8,11,14-17,19,25H,9-10H2,1-3H3,(H,22,24)/t11-,14-,15-,16-,17-,19+/m1/s1. The van der Waals surface area contributed by atoms with E-state index in [9.17, 15) is 14.7 Å². The zero-order valence-electron chi connectivity index (χ0n) is 17.0. The molecule has 11 heteroatoms. The number of ether oxygens (including phenoxy) is 4. The minimum absolute atomic E-state index is 0.158. The van der Waals surface area contributed by atoms with Gasteiger partial charge in [-0.05, 0) is 18.0 Å². The molecule has 0 spiro atoms. The van der Waals surface area contributed by atoms with Crippen LogP contribution in [0, 0.1) is 0 Å². The number of benzene rings is 1. The third-order valence-corrected chi connectivity index (χ3v) is 4.52. The second-order valence-electron chi connectivity index (χ2n) is 6.74. The quantitative estimate of drug-likeness (QED) is 0.261. The van der Waals surface area contributed by atoms with Gasteiger partial charge in [0.05, 0.1) is 26.4 Å². The fraction of sp³-hybridized carbons (Fsp3) is 0.579. The van der Waals surface area contributed by atoms with Gasteiger partial charge in [-0.25, -0.2) is 4.79 Å². The molecule has 2 rings (SSSR count). The summed E-state index contributed by atoms with van der Waals surface area (Å²) in [6.07, 6.45) is -5.43. The van der Waals surface area contributed by atoms with Crippen LogP contribution in [0.5, 0.6) is 0 Å². The molecular weight excluding hydrogens is 396 g/mol. The van der Waals surface area contributed by atoms with Gasteiger partial charge in [-0.1, -0.05) is 35.4 Å². The number of azide groups is 1. The van der Waals surface area contributed by atoms with E-state index in [-0.39, 0.29) is 13.2 Å². The number of nitrogens with zero attached hydrogens (tertiary/aromatic N) is 3. The Hall–Kier alpha value is -2.69. The van der Waals surface area contributed by atoms with E-state index in [2.05, 4.69) is 20.1 Å². The Morgan fingerprint density at radius 1 is 1.37 bits per heavy atom. The average Bonchev–Trinajstić information content (AvgIpc) is 2.74. The first-order valence-electron chi connectivity index (χ1n) is 9.37. The fourth-order valence-electron chi connectivity index (χ4n) is 3.09. The number of aliphatic hydroxyl groups is 1. The van der Waals surface area contributed by atoms with Crippen molar-refractivity contribution < 1.29 is 33.6 Å². The molecule has 0 aliphatic carbocycles. The highest BCUT2D eigenvalue weighted by Crippen LogP contribution is 2.27. The molecule has 1 aliphatic rings. The lowest BCUT2D eigenvalue weighted by atomic mass is 9.96. The molecule has 164 valence electrons. The molecule has 0 saturated carbocycles. The molecule has 1 aromatic rings. The highest BCUT2D eigenvalue weighted by Gasteiger charge is 2.48. The number of methoxy groups -OCH3 is 1. The van der Waals surface area contributed by atoms with Crippen LogP contribution >= 0.6 is 0 Å². The Morgan fingerprint density at radius 2 is 2.07 bits per heavy atom. The van der Waals surface area contributed by atoms with Crippen molar-refractivity contribution in [3.8, 4) is 0 Å². The van der Waals surface area contributed by atoms with Gasteiger partial charge < -0.3 is 29.4 Å². The van der Waals surface area contributed by atoms with Crippen LogP contribution in [0.25, 0.3) is 10.4 Å². The predicted molar refractivity (Wildman–Crippen MR) is 104 cm³/mol. The maximum Gasteiger partial charge on any atom is 0.334 e. The molecule has 0 bridgehead atoms. The van der Waals surface area contributed by atoms with E-state index in [0.717, 1.165) is 5.56 Å². The summed E-state index contributed by atoms with van der Waals surface area (Å²) >= 11 is 0. The molecule has 30 heavy (non-hydrogen) atoms. The summed E-state index contributed by atoms with van der Waals surface area (Å²) in [5.41, 5.74) is 9.49. The van der Waals surface area contributed by atoms with Crippen molar-refractivity contribution in [3.05, 3.63) is 46.3 Å². The van der Waals surface area contributed by atoms with E-state index in [1.165, 1.54) is 21.0 Å². The minimum Gasteiger partial charge on any atom is -0.467 e. The molecule has 0 aromatic heterocycles. The molecule has 1 aliphatic heterocycles. The van der Waals surface area contributed by atoms with Crippen LogP contribution in [0.1, 0.15) is 19.4 Å². The van der Waals surface area contributed by atoms with Gasteiger partial charge in [0.1, 0.15) is 18.2 Å². The van der Waals surface area contributed by atoms with Crippen molar-refractivity contribution in [2.45, 2.75) is 57.2 Å². The van der Waals surface area contributed by atoms with Crippen LogP contribution in [0.4, 0.5) is 0 Å². The van der Waals surface area contributed by atoms with Crippen molar-refractivity contribution in [2.75, 3.05) is 13.7 Å². The third kappa shape index (κ3) is 6.41. The van der Waals surface area contributed by atoms with Gasteiger partial charge in [0, 0.05) is 11.8 Å². The number of rotatable bonds is 9. The van der Waals surface area contributed by atoms with Crippen LogP contribution in [0.3, 0.4) is 0 Å². The lowest BCUT2D eigenvalue weighted by Crippen LogP contribution is -2.65. The van der Waals surface area contributed by atoms with E-state index >= 15 is 0 Å². The zero-order chi connectivity index (χ0) is 22.1.